The zero-order valence-electron chi connectivity index (χ0n) is 11.1. The van der Waals surface area contributed by atoms with Gasteiger partial charge in [0.2, 0.25) is 0 Å². The molecule has 1 aliphatic carbocycles. The van der Waals surface area contributed by atoms with E-state index in [1.54, 1.807) is 0 Å². The first-order valence-corrected chi connectivity index (χ1v) is 6.87. The summed E-state index contributed by atoms with van der Waals surface area (Å²) in [4.78, 5) is 0. The van der Waals surface area contributed by atoms with Gasteiger partial charge in [-0.25, -0.2) is 0 Å². The summed E-state index contributed by atoms with van der Waals surface area (Å²) < 4.78 is 5.71. The molecule has 0 aliphatic heterocycles. The predicted octanol–water partition coefficient (Wildman–Crippen LogP) is 4.18. The highest BCUT2D eigenvalue weighted by atomic mass is 16.5. The summed E-state index contributed by atoms with van der Waals surface area (Å²) in [7, 11) is 0. The zero-order valence-corrected chi connectivity index (χ0v) is 11.1. The van der Waals surface area contributed by atoms with E-state index in [1.807, 2.05) is 30.3 Å². The molecule has 2 heteroatoms. The molecule has 96 valence electrons. The third-order valence-electron chi connectivity index (χ3n) is 4.12. The molecule has 18 heavy (non-hydrogen) atoms. The Morgan fingerprint density at radius 1 is 1.39 bits per heavy atom. The summed E-state index contributed by atoms with van der Waals surface area (Å²) in [6.45, 7) is 2.87. The van der Waals surface area contributed by atoms with Crippen molar-refractivity contribution in [1.82, 2.24) is 0 Å². The van der Waals surface area contributed by atoms with Crippen LogP contribution in [0.3, 0.4) is 0 Å². The molecule has 1 fully saturated rings. The summed E-state index contributed by atoms with van der Waals surface area (Å²) in [5.74, 6) is 1.64. The number of nitriles is 1. The number of ether oxygens (including phenoxy) is 1. The van der Waals surface area contributed by atoms with Crippen LogP contribution in [0.25, 0.3) is 0 Å². The number of benzene rings is 1. The van der Waals surface area contributed by atoms with E-state index in [-0.39, 0.29) is 5.41 Å². The molecule has 0 N–H and O–H groups in total. The fraction of sp³-hybridized carbons (Fsp3) is 0.562. The molecule has 2 rings (SSSR count). The van der Waals surface area contributed by atoms with Crippen LogP contribution >= 0.6 is 0 Å². The van der Waals surface area contributed by atoms with Gasteiger partial charge in [0.25, 0.3) is 0 Å². The van der Waals surface area contributed by atoms with E-state index in [4.69, 9.17) is 4.74 Å². The molecule has 2 nitrogen and oxygen atoms in total. The lowest BCUT2D eigenvalue weighted by atomic mass is 9.83. The van der Waals surface area contributed by atoms with Crippen LogP contribution in [0.4, 0.5) is 0 Å². The van der Waals surface area contributed by atoms with E-state index in [0.717, 1.165) is 30.9 Å². The highest BCUT2D eigenvalue weighted by molar-refractivity contribution is 5.20. The fourth-order valence-electron chi connectivity index (χ4n) is 2.85. The normalized spacial score (nSPS) is 26.8. The first-order chi connectivity index (χ1) is 8.78. The molecule has 0 amide bonds. The lowest BCUT2D eigenvalue weighted by Crippen LogP contribution is -2.18. The summed E-state index contributed by atoms with van der Waals surface area (Å²) in [5.41, 5.74) is -0.130. The Morgan fingerprint density at radius 2 is 2.17 bits per heavy atom. The van der Waals surface area contributed by atoms with Crippen molar-refractivity contribution in [3.8, 4) is 11.8 Å². The number of nitrogens with zero attached hydrogens (tertiary/aromatic N) is 1. The number of hydrogen-bond donors (Lipinski definition) is 0. The molecule has 1 aliphatic rings. The summed E-state index contributed by atoms with van der Waals surface area (Å²) >= 11 is 0. The minimum absolute atomic E-state index is 0.130. The largest absolute Gasteiger partial charge is 0.494 e. The van der Waals surface area contributed by atoms with Crippen LogP contribution in [0, 0.1) is 22.7 Å². The second-order valence-electron chi connectivity index (χ2n) is 5.32. The first-order valence-electron chi connectivity index (χ1n) is 6.87. The van der Waals surface area contributed by atoms with Crippen LogP contribution in [0.1, 0.15) is 39.0 Å². The van der Waals surface area contributed by atoms with Gasteiger partial charge in [-0.3, -0.25) is 0 Å². The Balaban J connectivity index is 1.84. The van der Waals surface area contributed by atoms with Gasteiger partial charge in [-0.1, -0.05) is 31.5 Å². The molecule has 0 heterocycles. The molecule has 2 unspecified atom stereocenters. The molecule has 1 aromatic rings. The van der Waals surface area contributed by atoms with Gasteiger partial charge in [0.05, 0.1) is 18.1 Å². The molecule has 1 aromatic carbocycles. The lowest BCUT2D eigenvalue weighted by Gasteiger charge is -2.20. The molecular formula is C16H21NO. The van der Waals surface area contributed by atoms with E-state index >= 15 is 0 Å². The maximum absolute atomic E-state index is 9.42. The number of hydrogen-bond acceptors (Lipinski definition) is 2. The molecule has 0 bridgehead atoms. The Bertz CT molecular complexity index is 409. The van der Waals surface area contributed by atoms with Gasteiger partial charge < -0.3 is 4.74 Å². The van der Waals surface area contributed by atoms with Crippen LogP contribution in [-0.2, 0) is 0 Å². The molecule has 2 atom stereocenters. The van der Waals surface area contributed by atoms with Crippen molar-refractivity contribution in [3.05, 3.63) is 30.3 Å². The molecule has 0 spiro atoms. The molecular weight excluding hydrogens is 222 g/mol. The van der Waals surface area contributed by atoms with Crippen molar-refractivity contribution in [2.45, 2.75) is 39.0 Å². The predicted molar refractivity (Wildman–Crippen MR) is 72.2 cm³/mol. The zero-order chi connectivity index (χ0) is 12.8. The average Bonchev–Trinajstić information content (AvgIpc) is 2.84. The Hall–Kier alpha value is -1.49. The molecule has 1 saturated carbocycles. The smallest absolute Gasteiger partial charge is 0.119 e. The summed E-state index contributed by atoms with van der Waals surface area (Å²) in [5, 5.41) is 9.42. The van der Waals surface area contributed by atoms with E-state index < -0.39 is 0 Å². The molecule has 0 saturated heterocycles. The van der Waals surface area contributed by atoms with Gasteiger partial charge in [-0.05, 0) is 37.3 Å². The van der Waals surface area contributed by atoms with Crippen molar-refractivity contribution in [2.24, 2.45) is 11.3 Å². The van der Waals surface area contributed by atoms with E-state index in [9.17, 15) is 5.26 Å². The highest BCUT2D eigenvalue weighted by Gasteiger charge is 2.38. The van der Waals surface area contributed by atoms with E-state index in [1.165, 1.54) is 12.8 Å². The topological polar surface area (TPSA) is 33.0 Å². The lowest BCUT2D eigenvalue weighted by molar-refractivity contribution is 0.240. The minimum Gasteiger partial charge on any atom is -0.494 e. The van der Waals surface area contributed by atoms with Crippen LogP contribution < -0.4 is 4.74 Å². The van der Waals surface area contributed by atoms with Crippen molar-refractivity contribution >= 4 is 0 Å². The van der Waals surface area contributed by atoms with Gasteiger partial charge in [0.15, 0.2) is 0 Å². The summed E-state index contributed by atoms with van der Waals surface area (Å²) in [6, 6.07) is 12.4. The van der Waals surface area contributed by atoms with Gasteiger partial charge >= 0.3 is 0 Å². The maximum atomic E-state index is 9.42. The van der Waals surface area contributed by atoms with Crippen LogP contribution in [-0.4, -0.2) is 6.61 Å². The third kappa shape index (κ3) is 3.04. The summed E-state index contributed by atoms with van der Waals surface area (Å²) in [6.07, 6.45) is 5.35. The van der Waals surface area contributed by atoms with Gasteiger partial charge in [-0.15, -0.1) is 0 Å². The number of para-hydroxylation sites is 1. The van der Waals surface area contributed by atoms with Gasteiger partial charge in [0, 0.05) is 6.42 Å². The van der Waals surface area contributed by atoms with Gasteiger partial charge in [-0.2, -0.15) is 5.26 Å². The Labute approximate surface area is 110 Å². The third-order valence-corrected chi connectivity index (χ3v) is 4.12. The molecule has 0 aromatic heterocycles. The Morgan fingerprint density at radius 3 is 2.78 bits per heavy atom. The van der Waals surface area contributed by atoms with E-state index in [0.29, 0.717) is 6.61 Å². The minimum atomic E-state index is -0.130. The average molecular weight is 243 g/mol. The highest BCUT2D eigenvalue weighted by Crippen LogP contribution is 2.45. The SMILES string of the molecule is CCC1CCC(C#N)(CCOc2ccccc2)C1. The quantitative estimate of drug-likeness (QED) is 0.777. The second kappa shape index (κ2) is 5.91. The second-order valence-corrected chi connectivity index (χ2v) is 5.32. The van der Waals surface area contributed by atoms with Crippen molar-refractivity contribution in [1.29, 1.82) is 5.26 Å². The van der Waals surface area contributed by atoms with Crippen LogP contribution in [0.5, 0.6) is 5.75 Å². The van der Waals surface area contributed by atoms with Gasteiger partial charge in [0.1, 0.15) is 5.75 Å². The first kappa shape index (κ1) is 13.0. The standard InChI is InChI=1S/C16H21NO/c1-2-14-8-9-16(12-14,13-17)10-11-18-15-6-4-3-5-7-15/h3-7,14H,2,8-12H2,1H3. The molecule has 0 radical (unpaired) electrons. The maximum Gasteiger partial charge on any atom is 0.119 e. The van der Waals surface area contributed by atoms with Crippen LogP contribution in [0.15, 0.2) is 30.3 Å². The Kier molecular flexibility index (Phi) is 4.25. The van der Waals surface area contributed by atoms with Crippen molar-refractivity contribution < 1.29 is 4.74 Å². The fourth-order valence-corrected chi connectivity index (χ4v) is 2.85. The number of rotatable bonds is 5. The van der Waals surface area contributed by atoms with Crippen molar-refractivity contribution in [2.75, 3.05) is 6.61 Å². The van der Waals surface area contributed by atoms with E-state index in [2.05, 4.69) is 13.0 Å². The van der Waals surface area contributed by atoms with Crippen LogP contribution in [0.2, 0.25) is 0 Å². The van der Waals surface area contributed by atoms with Crippen molar-refractivity contribution in [3.63, 3.8) is 0 Å². The monoisotopic (exact) mass is 243 g/mol.